The van der Waals surface area contributed by atoms with Crippen LogP contribution in [0.5, 0.6) is 5.75 Å². The average Bonchev–Trinajstić information content (AvgIpc) is 3.58. The van der Waals surface area contributed by atoms with Crippen LogP contribution in [0.2, 0.25) is 0 Å². The van der Waals surface area contributed by atoms with Gasteiger partial charge in [0, 0.05) is 31.5 Å². The van der Waals surface area contributed by atoms with E-state index in [9.17, 15) is 13.6 Å². The van der Waals surface area contributed by atoms with E-state index in [1.807, 2.05) is 26.0 Å². The monoisotopic (exact) mass is 514 g/mol. The molecule has 1 aromatic heterocycles. The predicted molar refractivity (Wildman–Crippen MR) is 137 cm³/mol. The number of alkyl halides is 1. The Hall–Kier alpha value is -2.97. The molecule has 5 rings (SSSR count). The van der Waals surface area contributed by atoms with Crippen LogP contribution in [0.3, 0.4) is 0 Å². The van der Waals surface area contributed by atoms with Crippen LogP contribution in [0, 0.1) is 17.7 Å². The van der Waals surface area contributed by atoms with E-state index in [0.29, 0.717) is 50.8 Å². The summed E-state index contributed by atoms with van der Waals surface area (Å²) in [5.41, 5.74) is 1.88. The third-order valence-electron chi connectivity index (χ3n) is 7.81. The molecule has 0 bridgehead atoms. The minimum atomic E-state index is -0.898. The van der Waals surface area contributed by atoms with Crippen LogP contribution in [0.4, 0.5) is 14.8 Å². The van der Waals surface area contributed by atoms with Gasteiger partial charge in [-0.1, -0.05) is 31.1 Å². The third-order valence-corrected chi connectivity index (χ3v) is 7.81. The second-order valence-electron chi connectivity index (χ2n) is 10.8. The van der Waals surface area contributed by atoms with E-state index in [1.54, 1.807) is 11.0 Å². The third kappa shape index (κ3) is 5.96. The average molecular weight is 515 g/mol. The second-order valence-corrected chi connectivity index (χ2v) is 10.8. The summed E-state index contributed by atoms with van der Waals surface area (Å²) < 4.78 is 39.6. The number of amides is 1. The Balaban J connectivity index is 1.10. The number of anilines is 1. The molecule has 2 fully saturated rings. The van der Waals surface area contributed by atoms with Gasteiger partial charge in [0.25, 0.3) is 0 Å². The van der Waals surface area contributed by atoms with E-state index in [1.165, 1.54) is 6.07 Å². The number of likely N-dealkylation sites (tertiary alicyclic amines) is 1. The fourth-order valence-corrected chi connectivity index (χ4v) is 5.40. The van der Waals surface area contributed by atoms with Crippen molar-refractivity contribution < 1.29 is 22.8 Å². The fraction of sp³-hybridized carbons (Fsp3) is 0.607. The van der Waals surface area contributed by atoms with Crippen molar-refractivity contribution in [3.63, 3.8) is 0 Å². The molecule has 0 N–H and O–H groups in total. The highest BCUT2D eigenvalue weighted by molar-refractivity contribution is 5.81. The maximum Gasteiger partial charge on any atom is 0.324 e. The fourth-order valence-electron chi connectivity index (χ4n) is 5.40. The maximum atomic E-state index is 14.9. The minimum Gasteiger partial charge on any atom is -0.490 e. The molecule has 0 spiro atoms. The summed E-state index contributed by atoms with van der Waals surface area (Å²) >= 11 is 0. The summed E-state index contributed by atoms with van der Waals surface area (Å²) in [4.78, 5) is 20.9. The molecule has 3 heterocycles. The molecule has 0 radical (unpaired) electrons. The summed E-state index contributed by atoms with van der Waals surface area (Å²) in [6.07, 6.45) is 5.42. The van der Waals surface area contributed by atoms with Gasteiger partial charge in [-0.25, -0.2) is 8.78 Å². The number of hydrogen-bond acceptors (Lipinski definition) is 6. The molecule has 7 nitrogen and oxygen atoms in total. The van der Waals surface area contributed by atoms with Crippen molar-refractivity contribution in [1.29, 1.82) is 0 Å². The van der Waals surface area contributed by atoms with Crippen molar-refractivity contribution in [3.8, 4) is 5.75 Å². The number of carbonyl (C=O) groups is 1. The van der Waals surface area contributed by atoms with Crippen LogP contribution >= 0.6 is 0 Å². The molecule has 2 aromatic rings. The molecule has 2 aliphatic heterocycles. The number of aromatic nitrogens is 2. The zero-order valence-corrected chi connectivity index (χ0v) is 21.7. The minimum absolute atomic E-state index is 0.0496. The molecule has 2 atom stereocenters. The molecule has 200 valence electrons. The number of rotatable bonds is 7. The van der Waals surface area contributed by atoms with Crippen molar-refractivity contribution in [3.05, 3.63) is 41.5 Å². The van der Waals surface area contributed by atoms with Crippen LogP contribution in [0.25, 0.3) is 5.57 Å². The van der Waals surface area contributed by atoms with Gasteiger partial charge in [-0.05, 0) is 67.7 Å². The Labute approximate surface area is 216 Å². The van der Waals surface area contributed by atoms with Crippen molar-refractivity contribution >= 4 is 17.5 Å². The van der Waals surface area contributed by atoms with Crippen molar-refractivity contribution in [1.82, 2.24) is 15.0 Å². The zero-order valence-electron chi connectivity index (χ0n) is 21.7. The Kier molecular flexibility index (Phi) is 7.76. The Morgan fingerprint density at radius 3 is 2.62 bits per heavy atom. The molecule has 9 heteroatoms. The molecular weight excluding hydrogens is 478 g/mol. The molecule has 37 heavy (non-hydrogen) atoms. The van der Waals surface area contributed by atoms with Crippen molar-refractivity contribution in [2.24, 2.45) is 11.8 Å². The van der Waals surface area contributed by atoms with Gasteiger partial charge in [0.1, 0.15) is 6.17 Å². The molecule has 3 aliphatic rings. The lowest BCUT2D eigenvalue weighted by Gasteiger charge is -2.30. The standard InChI is InChI=1S/C28H36F2N4O3/c1-18(2)26-31-28(37-32-26)33-12-9-19(10-13-33)17-36-25-8-7-22(15-24(25)30)20-3-5-21(6-4-20)27(35)34-14-11-23(29)16-34/h3,7-8,15,18-19,21,23H,4-6,9-14,16-17H2,1-2H3/t21?,23-/m1/s1. The summed E-state index contributed by atoms with van der Waals surface area (Å²) in [6, 6.07) is 5.70. The van der Waals surface area contributed by atoms with Crippen molar-refractivity contribution in [2.75, 3.05) is 37.7 Å². The van der Waals surface area contributed by atoms with Crippen LogP contribution < -0.4 is 9.64 Å². The van der Waals surface area contributed by atoms with E-state index >= 15 is 0 Å². The van der Waals surface area contributed by atoms with Gasteiger partial charge in [0.15, 0.2) is 17.4 Å². The normalized spacial score (nSPS) is 23.0. The van der Waals surface area contributed by atoms with Gasteiger partial charge in [-0.3, -0.25) is 4.79 Å². The lowest BCUT2D eigenvalue weighted by Crippen LogP contribution is -2.35. The number of ether oxygens (including phenoxy) is 1. The predicted octanol–water partition coefficient (Wildman–Crippen LogP) is 5.38. The van der Waals surface area contributed by atoms with Gasteiger partial charge >= 0.3 is 6.01 Å². The molecule has 0 saturated carbocycles. The van der Waals surface area contributed by atoms with E-state index < -0.39 is 6.17 Å². The van der Waals surface area contributed by atoms with Crippen LogP contribution in [-0.2, 0) is 4.79 Å². The Morgan fingerprint density at radius 2 is 2.00 bits per heavy atom. The zero-order chi connectivity index (χ0) is 25.9. The quantitative estimate of drug-likeness (QED) is 0.494. The summed E-state index contributed by atoms with van der Waals surface area (Å²) in [7, 11) is 0. The van der Waals surface area contributed by atoms with Gasteiger partial charge in [0.05, 0.1) is 13.2 Å². The molecule has 2 saturated heterocycles. The lowest BCUT2D eigenvalue weighted by molar-refractivity contribution is -0.134. The van der Waals surface area contributed by atoms with E-state index in [-0.39, 0.29) is 35.9 Å². The second kappa shape index (κ2) is 11.2. The Bertz CT molecular complexity index is 1130. The maximum absolute atomic E-state index is 14.9. The van der Waals surface area contributed by atoms with Gasteiger partial charge in [-0.2, -0.15) is 4.98 Å². The SMILES string of the molecule is CC(C)c1noc(N2CCC(COc3ccc(C4=CCC(C(=O)N5CC[C@@H](F)C5)CC4)cc3F)CC2)n1. The van der Waals surface area contributed by atoms with Crippen LogP contribution in [0.1, 0.15) is 69.7 Å². The van der Waals surface area contributed by atoms with Gasteiger partial charge in [-0.15, -0.1) is 0 Å². The first-order chi connectivity index (χ1) is 17.9. The van der Waals surface area contributed by atoms with Crippen LogP contribution in [0.15, 0.2) is 28.8 Å². The molecule has 1 amide bonds. The van der Waals surface area contributed by atoms with Gasteiger partial charge < -0.3 is 19.1 Å². The smallest absolute Gasteiger partial charge is 0.324 e. The first kappa shape index (κ1) is 25.7. The highest BCUT2D eigenvalue weighted by atomic mass is 19.1. The number of benzene rings is 1. The first-order valence-corrected chi connectivity index (χ1v) is 13.5. The highest BCUT2D eigenvalue weighted by Crippen LogP contribution is 2.34. The Morgan fingerprint density at radius 1 is 1.19 bits per heavy atom. The largest absolute Gasteiger partial charge is 0.490 e. The molecule has 1 aliphatic carbocycles. The highest BCUT2D eigenvalue weighted by Gasteiger charge is 2.31. The molecule has 1 aromatic carbocycles. The summed E-state index contributed by atoms with van der Waals surface area (Å²) in [5, 5.41) is 4.04. The molecular formula is C28H36F2N4O3. The number of nitrogens with zero attached hydrogens (tertiary/aromatic N) is 4. The number of allylic oxidation sites excluding steroid dienone is 2. The summed E-state index contributed by atoms with van der Waals surface area (Å²) in [6.45, 7) is 6.87. The number of carbonyl (C=O) groups excluding carboxylic acids is 1. The van der Waals surface area contributed by atoms with E-state index in [4.69, 9.17) is 9.26 Å². The number of hydrogen-bond donors (Lipinski definition) is 0. The lowest BCUT2D eigenvalue weighted by atomic mass is 9.86. The molecule has 1 unspecified atom stereocenters. The van der Waals surface area contributed by atoms with Crippen molar-refractivity contribution in [2.45, 2.75) is 64.5 Å². The number of halogens is 2. The first-order valence-electron chi connectivity index (χ1n) is 13.5. The van der Waals surface area contributed by atoms with Gasteiger partial charge in [0.2, 0.25) is 5.91 Å². The topological polar surface area (TPSA) is 71.7 Å². The van der Waals surface area contributed by atoms with Crippen LogP contribution in [-0.4, -0.2) is 59.9 Å². The number of piperidine rings is 1. The summed E-state index contributed by atoms with van der Waals surface area (Å²) in [5.74, 6) is 1.12. The van der Waals surface area contributed by atoms with E-state index in [0.717, 1.165) is 42.9 Å². The van der Waals surface area contributed by atoms with E-state index in [2.05, 4.69) is 15.0 Å².